The van der Waals surface area contributed by atoms with Crippen LogP contribution >= 0.6 is 38.5 Å². The largest absolute Gasteiger partial charge is 0.483 e. The molecule has 0 bridgehead atoms. The van der Waals surface area contributed by atoms with E-state index in [4.69, 9.17) is 4.74 Å². The van der Waals surface area contributed by atoms with Gasteiger partial charge in [-0.25, -0.2) is 18.7 Å². The monoisotopic (exact) mass is 544 g/mol. The SMILES string of the molecule is Fc1cc(/C=N\Nc2cnc(Br)cn2)c(I)c(F)c1OCc1ccccc1. The number of anilines is 1. The number of hydrazone groups is 1. The predicted octanol–water partition coefficient (Wildman–Crippen LogP) is 5.15. The van der Waals surface area contributed by atoms with Crippen LogP contribution < -0.4 is 10.2 Å². The number of rotatable bonds is 6. The van der Waals surface area contributed by atoms with Crippen LogP contribution in [0.5, 0.6) is 5.75 Å². The summed E-state index contributed by atoms with van der Waals surface area (Å²) in [5.41, 5.74) is 3.73. The average Bonchev–Trinajstić information content (AvgIpc) is 2.68. The van der Waals surface area contributed by atoms with E-state index in [1.165, 1.54) is 24.7 Å². The van der Waals surface area contributed by atoms with Crippen molar-refractivity contribution in [2.45, 2.75) is 6.61 Å². The summed E-state index contributed by atoms with van der Waals surface area (Å²) < 4.78 is 35.0. The quantitative estimate of drug-likeness (QED) is 0.202. The maximum atomic E-state index is 14.5. The molecule has 2 aromatic carbocycles. The topological polar surface area (TPSA) is 59.4 Å². The number of halogens is 4. The summed E-state index contributed by atoms with van der Waals surface area (Å²) in [4.78, 5) is 8.02. The van der Waals surface area contributed by atoms with E-state index in [0.717, 1.165) is 5.56 Å². The van der Waals surface area contributed by atoms with Gasteiger partial charge in [0.25, 0.3) is 0 Å². The van der Waals surface area contributed by atoms with Crippen molar-refractivity contribution >= 4 is 50.6 Å². The first-order valence-electron chi connectivity index (χ1n) is 7.65. The number of ether oxygens (including phenoxy) is 1. The highest BCUT2D eigenvalue weighted by molar-refractivity contribution is 14.1. The Balaban J connectivity index is 1.73. The number of aromatic nitrogens is 2. The van der Waals surface area contributed by atoms with Crippen molar-refractivity contribution in [1.29, 1.82) is 0 Å². The van der Waals surface area contributed by atoms with Gasteiger partial charge in [-0.05, 0) is 50.2 Å². The summed E-state index contributed by atoms with van der Waals surface area (Å²) in [6.45, 7) is 0.0714. The second kappa shape index (κ2) is 9.18. The number of hydrogen-bond acceptors (Lipinski definition) is 5. The third kappa shape index (κ3) is 5.19. The Morgan fingerprint density at radius 2 is 1.96 bits per heavy atom. The van der Waals surface area contributed by atoms with Crippen molar-refractivity contribution < 1.29 is 13.5 Å². The van der Waals surface area contributed by atoms with E-state index in [2.05, 4.69) is 36.4 Å². The molecular weight excluding hydrogens is 533 g/mol. The molecular formula is C18H12BrF2IN4O. The van der Waals surface area contributed by atoms with Crippen molar-refractivity contribution in [2.75, 3.05) is 5.43 Å². The normalized spacial score (nSPS) is 11.0. The molecule has 3 aromatic rings. The van der Waals surface area contributed by atoms with E-state index in [0.29, 0.717) is 10.4 Å². The maximum Gasteiger partial charge on any atom is 0.192 e. The number of nitrogens with zero attached hydrogens (tertiary/aromatic N) is 3. The fourth-order valence-electron chi connectivity index (χ4n) is 2.09. The standard InChI is InChI=1S/C18H12BrF2IN4O/c19-14-8-24-15(9-23-14)26-25-7-12-6-13(20)18(16(21)17(12)22)27-10-11-4-2-1-3-5-11/h1-9H,10H2,(H,24,26)/b25-7-. The summed E-state index contributed by atoms with van der Waals surface area (Å²) >= 11 is 4.96. The summed E-state index contributed by atoms with van der Waals surface area (Å²) in [7, 11) is 0. The first-order chi connectivity index (χ1) is 13.0. The number of nitrogens with one attached hydrogen (secondary N) is 1. The van der Waals surface area contributed by atoms with Crippen molar-refractivity contribution in [3.63, 3.8) is 0 Å². The summed E-state index contributed by atoms with van der Waals surface area (Å²) in [5.74, 6) is -1.58. The van der Waals surface area contributed by atoms with E-state index in [-0.39, 0.29) is 15.7 Å². The Morgan fingerprint density at radius 1 is 1.19 bits per heavy atom. The van der Waals surface area contributed by atoms with Gasteiger partial charge < -0.3 is 4.74 Å². The highest BCUT2D eigenvalue weighted by Crippen LogP contribution is 2.29. The van der Waals surface area contributed by atoms with E-state index >= 15 is 0 Å². The molecule has 0 aliphatic heterocycles. The molecule has 1 N–H and O–H groups in total. The molecule has 0 radical (unpaired) electrons. The van der Waals surface area contributed by atoms with Gasteiger partial charge in [-0.2, -0.15) is 5.10 Å². The van der Waals surface area contributed by atoms with E-state index in [1.807, 2.05) is 30.3 Å². The second-order valence-electron chi connectivity index (χ2n) is 5.27. The highest BCUT2D eigenvalue weighted by Gasteiger charge is 2.18. The maximum absolute atomic E-state index is 14.5. The molecule has 9 heteroatoms. The van der Waals surface area contributed by atoms with Crippen LogP contribution in [0.4, 0.5) is 14.6 Å². The molecule has 3 rings (SSSR count). The van der Waals surface area contributed by atoms with Crippen LogP contribution in [0.1, 0.15) is 11.1 Å². The molecule has 0 saturated carbocycles. The Morgan fingerprint density at radius 3 is 2.67 bits per heavy atom. The Kier molecular flexibility index (Phi) is 6.67. The Bertz CT molecular complexity index is 956. The lowest BCUT2D eigenvalue weighted by atomic mass is 10.2. The van der Waals surface area contributed by atoms with Crippen LogP contribution in [0.15, 0.2) is 58.5 Å². The first kappa shape index (κ1) is 19.6. The van der Waals surface area contributed by atoms with Crippen molar-refractivity contribution in [2.24, 2.45) is 5.10 Å². The van der Waals surface area contributed by atoms with Crippen molar-refractivity contribution in [1.82, 2.24) is 9.97 Å². The molecule has 1 heterocycles. The van der Waals surface area contributed by atoms with Gasteiger partial charge in [0.2, 0.25) is 0 Å². The zero-order valence-corrected chi connectivity index (χ0v) is 17.4. The van der Waals surface area contributed by atoms with Crippen LogP contribution in [-0.2, 0) is 6.61 Å². The molecule has 27 heavy (non-hydrogen) atoms. The summed E-state index contributed by atoms with van der Waals surface area (Å²) in [5, 5.41) is 3.94. The van der Waals surface area contributed by atoms with E-state index < -0.39 is 17.4 Å². The minimum atomic E-state index is -0.797. The van der Waals surface area contributed by atoms with Crippen molar-refractivity contribution in [3.8, 4) is 5.75 Å². The third-order valence-electron chi connectivity index (χ3n) is 3.37. The molecule has 138 valence electrons. The molecule has 1 aromatic heterocycles. The summed E-state index contributed by atoms with van der Waals surface area (Å²) in [6, 6.07) is 10.3. The summed E-state index contributed by atoms with van der Waals surface area (Å²) in [6.07, 6.45) is 4.27. The second-order valence-corrected chi connectivity index (χ2v) is 7.16. The Labute approximate surface area is 176 Å². The molecule has 0 unspecified atom stereocenters. The van der Waals surface area contributed by atoms with Gasteiger partial charge in [0.05, 0.1) is 22.2 Å². The van der Waals surface area contributed by atoms with Gasteiger partial charge >= 0.3 is 0 Å². The van der Waals surface area contributed by atoms with Gasteiger partial charge in [0, 0.05) is 5.56 Å². The highest BCUT2D eigenvalue weighted by atomic mass is 127. The number of hydrogen-bond donors (Lipinski definition) is 1. The predicted molar refractivity (Wildman–Crippen MR) is 111 cm³/mol. The molecule has 0 atom stereocenters. The first-order valence-corrected chi connectivity index (χ1v) is 9.52. The molecule has 0 spiro atoms. The molecule has 5 nitrogen and oxygen atoms in total. The lowest BCUT2D eigenvalue weighted by Gasteiger charge is -2.11. The van der Waals surface area contributed by atoms with Crippen molar-refractivity contribution in [3.05, 3.63) is 79.7 Å². The zero-order chi connectivity index (χ0) is 19.2. The molecule has 0 amide bonds. The van der Waals surface area contributed by atoms with Gasteiger partial charge in [-0.3, -0.25) is 5.43 Å². The smallest absolute Gasteiger partial charge is 0.192 e. The van der Waals surface area contributed by atoms with E-state index in [1.54, 1.807) is 22.6 Å². The minimum absolute atomic E-state index is 0.0714. The van der Waals surface area contributed by atoms with Crippen LogP contribution in [0.3, 0.4) is 0 Å². The van der Waals surface area contributed by atoms with Gasteiger partial charge in [0.15, 0.2) is 23.2 Å². The Hall–Kier alpha value is -2.14. The lowest BCUT2D eigenvalue weighted by molar-refractivity contribution is 0.273. The molecule has 0 saturated heterocycles. The zero-order valence-electron chi connectivity index (χ0n) is 13.7. The minimum Gasteiger partial charge on any atom is -0.483 e. The van der Waals surface area contributed by atoms with Crippen LogP contribution in [0.2, 0.25) is 0 Å². The van der Waals surface area contributed by atoms with Gasteiger partial charge in [-0.15, -0.1) is 0 Å². The fraction of sp³-hybridized carbons (Fsp3) is 0.0556. The average molecular weight is 545 g/mol. The molecule has 0 fully saturated rings. The third-order valence-corrected chi connectivity index (χ3v) is 4.88. The van der Waals surface area contributed by atoms with Gasteiger partial charge in [-0.1, -0.05) is 30.3 Å². The van der Waals surface area contributed by atoms with Crippen LogP contribution in [-0.4, -0.2) is 16.2 Å². The van der Waals surface area contributed by atoms with E-state index in [9.17, 15) is 8.78 Å². The molecule has 0 aliphatic rings. The van der Waals surface area contributed by atoms with Gasteiger partial charge in [0.1, 0.15) is 11.2 Å². The lowest BCUT2D eigenvalue weighted by Crippen LogP contribution is -2.04. The molecule has 0 aliphatic carbocycles. The van der Waals surface area contributed by atoms with Crippen LogP contribution in [0, 0.1) is 15.2 Å². The fourth-order valence-corrected chi connectivity index (χ4v) is 2.84. The van der Waals surface area contributed by atoms with Crippen LogP contribution in [0.25, 0.3) is 0 Å². The number of benzene rings is 2.